The smallest absolute Gasteiger partial charge is 0.238 e. The van der Waals surface area contributed by atoms with Gasteiger partial charge in [-0.25, -0.2) is 8.78 Å². The van der Waals surface area contributed by atoms with Gasteiger partial charge in [0.05, 0.1) is 12.2 Å². The van der Waals surface area contributed by atoms with E-state index in [2.05, 4.69) is 10.6 Å². The van der Waals surface area contributed by atoms with E-state index in [4.69, 9.17) is 5.73 Å². The molecule has 1 heterocycles. The first-order valence-electron chi connectivity index (χ1n) is 6.46. The van der Waals surface area contributed by atoms with Crippen molar-refractivity contribution < 1.29 is 18.4 Å². The molecule has 1 aromatic carbocycles. The van der Waals surface area contributed by atoms with Crippen molar-refractivity contribution in [3.05, 3.63) is 29.8 Å². The molecule has 0 bridgehead atoms. The summed E-state index contributed by atoms with van der Waals surface area (Å²) in [6.45, 7) is 1.32. The monoisotopic (exact) mass is 298 g/mol. The molecule has 2 rings (SSSR count). The van der Waals surface area contributed by atoms with Gasteiger partial charge >= 0.3 is 0 Å². The van der Waals surface area contributed by atoms with E-state index in [1.807, 2.05) is 0 Å². The summed E-state index contributed by atoms with van der Waals surface area (Å²) in [5.41, 5.74) is 5.04. The van der Waals surface area contributed by atoms with Gasteiger partial charge in [0.1, 0.15) is 17.7 Å². The minimum Gasteiger partial charge on any atom is -0.368 e. The van der Waals surface area contributed by atoms with E-state index in [1.165, 1.54) is 0 Å². The minimum absolute atomic E-state index is 0.120. The van der Waals surface area contributed by atoms with Crippen LogP contribution in [0.4, 0.5) is 14.5 Å². The van der Waals surface area contributed by atoms with Gasteiger partial charge in [0.15, 0.2) is 0 Å². The Morgan fingerprint density at radius 2 is 2.19 bits per heavy atom. The second-order valence-electron chi connectivity index (χ2n) is 4.77. The van der Waals surface area contributed by atoms with E-state index in [1.54, 1.807) is 4.90 Å². The van der Waals surface area contributed by atoms with Gasteiger partial charge in [-0.05, 0) is 12.1 Å². The Labute approximate surface area is 120 Å². The molecule has 1 fully saturated rings. The van der Waals surface area contributed by atoms with Crippen molar-refractivity contribution in [1.29, 1.82) is 0 Å². The number of primary amides is 1. The van der Waals surface area contributed by atoms with Crippen LogP contribution in [0.3, 0.4) is 0 Å². The third-order valence-electron chi connectivity index (χ3n) is 3.23. The van der Waals surface area contributed by atoms with Crippen LogP contribution in [0.1, 0.15) is 0 Å². The van der Waals surface area contributed by atoms with E-state index in [0.29, 0.717) is 19.6 Å². The molecule has 1 atom stereocenters. The lowest BCUT2D eigenvalue weighted by Gasteiger charge is -2.33. The summed E-state index contributed by atoms with van der Waals surface area (Å²) in [6, 6.07) is 2.20. The number of hydrogen-bond donors (Lipinski definition) is 3. The quantitative estimate of drug-likeness (QED) is 0.710. The number of nitrogens with one attached hydrogen (secondary N) is 2. The third kappa shape index (κ3) is 3.96. The summed E-state index contributed by atoms with van der Waals surface area (Å²) in [6.07, 6.45) is 0. The molecule has 6 nitrogen and oxygen atoms in total. The first-order valence-corrected chi connectivity index (χ1v) is 6.46. The van der Waals surface area contributed by atoms with Crippen LogP contribution in [0.25, 0.3) is 0 Å². The maximum Gasteiger partial charge on any atom is 0.238 e. The number of amides is 2. The van der Waals surface area contributed by atoms with Crippen LogP contribution in [0.2, 0.25) is 0 Å². The molecule has 4 N–H and O–H groups in total. The van der Waals surface area contributed by atoms with Gasteiger partial charge in [-0.2, -0.15) is 0 Å². The summed E-state index contributed by atoms with van der Waals surface area (Å²) in [5, 5.41) is 5.29. The van der Waals surface area contributed by atoms with Crippen LogP contribution in [-0.2, 0) is 9.59 Å². The molecule has 0 aliphatic carbocycles. The zero-order chi connectivity index (χ0) is 15.4. The van der Waals surface area contributed by atoms with Crippen molar-refractivity contribution in [1.82, 2.24) is 10.2 Å². The van der Waals surface area contributed by atoms with Crippen molar-refractivity contribution in [2.24, 2.45) is 5.73 Å². The van der Waals surface area contributed by atoms with Crippen molar-refractivity contribution in [3.8, 4) is 0 Å². The lowest BCUT2D eigenvalue weighted by atomic mass is 10.2. The number of nitrogens with zero attached hydrogens (tertiary/aromatic N) is 1. The highest BCUT2D eigenvalue weighted by molar-refractivity contribution is 5.93. The zero-order valence-corrected chi connectivity index (χ0v) is 11.2. The van der Waals surface area contributed by atoms with Crippen molar-refractivity contribution in [2.45, 2.75) is 6.04 Å². The molecule has 114 valence electrons. The van der Waals surface area contributed by atoms with Crippen LogP contribution in [0.5, 0.6) is 0 Å². The molecule has 0 spiro atoms. The number of hydrogen-bond acceptors (Lipinski definition) is 4. The Hall–Kier alpha value is -2.06. The lowest BCUT2D eigenvalue weighted by molar-refractivity contribution is -0.125. The highest BCUT2D eigenvalue weighted by Crippen LogP contribution is 2.15. The molecule has 1 aliphatic rings. The average Bonchev–Trinajstić information content (AvgIpc) is 2.43. The predicted octanol–water partition coefficient (Wildman–Crippen LogP) is -0.338. The SMILES string of the molecule is NC(=O)C1CNCCN1CC(=O)Nc1cc(F)ccc1F. The Bertz CT molecular complexity index is 553. The average molecular weight is 298 g/mol. The molecule has 21 heavy (non-hydrogen) atoms. The van der Waals surface area contributed by atoms with Crippen LogP contribution in [0, 0.1) is 11.6 Å². The molecule has 1 aromatic rings. The van der Waals surface area contributed by atoms with Crippen LogP contribution in [-0.4, -0.2) is 48.9 Å². The standard InChI is InChI=1S/C13H16F2N4O2/c14-8-1-2-9(15)10(5-8)18-12(20)7-19-4-3-17-6-11(19)13(16)21/h1-2,5,11,17H,3-4,6-7H2,(H2,16,21)(H,18,20). The summed E-state index contributed by atoms with van der Waals surface area (Å²) in [7, 11) is 0. The minimum atomic E-state index is -0.725. The molecular weight excluding hydrogens is 282 g/mol. The fraction of sp³-hybridized carbons (Fsp3) is 0.385. The third-order valence-corrected chi connectivity index (χ3v) is 3.23. The second-order valence-corrected chi connectivity index (χ2v) is 4.77. The maximum atomic E-state index is 13.4. The van der Waals surface area contributed by atoms with Crippen LogP contribution in [0.15, 0.2) is 18.2 Å². The number of piperazine rings is 1. The molecule has 0 radical (unpaired) electrons. The molecule has 0 aromatic heterocycles. The Morgan fingerprint density at radius 3 is 2.90 bits per heavy atom. The Morgan fingerprint density at radius 1 is 1.43 bits per heavy atom. The van der Waals surface area contributed by atoms with E-state index in [9.17, 15) is 18.4 Å². The van der Waals surface area contributed by atoms with E-state index in [-0.39, 0.29) is 12.2 Å². The van der Waals surface area contributed by atoms with Crippen molar-refractivity contribution in [3.63, 3.8) is 0 Å². The van der Waals surface area contributed by atoms with E-state index >= 15 is 0 Å². The molecule has 1 aliphatic heterocycles. The van der Waals surface area contributed by atoms with Gasteiger partial charge in [-0.3, -0.25) is 14.5 Å². The molecular formula is C13H16F2N4O2. The van der Waals surface area contributed by atoms with Crippen molar-refractivity contribution in [2.75, 3.05) is 31.5 Å². The van der Waals surface area contributed by atoms with Crippen molar-refractivity contribution >= 4 is 17.5 Å². The van der Waals surface area contributed by atoms with Gasteiger partial charge in [-0.1, -0.05) is 0 Å². The van der Waals surface area contributed by atoms with Crippen LogP contribution >= 0.6 is 0 Å². The van der Waals surface area contributed by atoms with Gasteiger partial charge in [0.25, 0.3) is 0 Å². The van der Waals surface area contributed by atoms with E-state index in [0.717, 1.165) is 18.2 Å². The molecule has 1 unspecified atom stereocenters. The van der Waals surface area contributed by atoms with E-state index < -0.39 is 29.5 Å². The Balaban J connectivity index is 2.00. The van der Waals surface area contributed by atoms with Crippen LogP contribution < -0.4 is 16.4 Å². The van der Waals surface area contributed by atoms with Gasteiger partial charge in [-0.15, -0.1) is 0 Å². The highest BCUT2D eigenvalue weighted by atomic mass is 19.1. The Kier molecular flexibility index (Phi) is 4.81. The summed E-state index contributed by atoms with van der Waals surface area (Å²) >= 11 is 0. The normalized spacial score (nSPS) is 19.2. The fourth-order valence-electron chi connectivity index (χ4n) is 2.18. The molecule has 1 saturated heterocycles. The number of anilines is 1. The molecule has 8 heteroatoms. The topological polar surface area (TPSA) is 87.5 Å². The number of carbonyl (C=O) groups excluding carboxylic acids is 2. The number of halogens is 2. The summed E-state index contributed by atoms with van der Waals surface area (Å²) < 4.78 is 26.5. The van der Waals surface area contributed by atoms with Gasteiger partial charge in [0.2, 0.25) is 11.8 Å². The zero-order valence-electron chi connectivity index (χ0n) is 11.2. The number of rotatable bonds is 4. The largest absolute Gasteiger partial charge is 0.368 e. The summed E-state index contributed by atoms with van der Waals surface area (Å²) in [4.78, 5) is 24.8. The number of carbonyl (C=O) groups is 2. The number of benzene rings is 1. The lowest BCUT2D eigenvalue weighted by Crippen LogP contribution is -2.58. The van der Waals surface area contributed by atoms with Gasteiger partial charge < -0.3 is 16.4 Å². The first-order chi connectivity index (χ1) is 9.97. The van der Waals surface area contributed by atoms with Gasteiger partial charge in [0, 0.05) is 25.7 Å². The maximum absolute atomic E-state index is 13.4. The first kappa shape index (κ1) is 15.3. The highest BCUT2D eigenvalue weighted by Gasteiger charge is 2.28. The number of nitrogens with two attached hydrogens (primary N) is 1. The fourth-order valence-corrected chi connectivity index (χ4v) is 2.18. The summed E-state index contributed by atoms with van der Waals surface area (Å²) in [5.74, 6) is -2.44. The predicted molar refractivity (Wildman–Crippen MR) is 72.4 cm³/mol. The molecule has 2 amide bonds. The second kappa shape index (κ2) is 6.59. The molecule has 0 saturated carbocycles.